The maximum atomic E-state index is 12.2. The minimum absolute atomic E-state index is 0.0293. The van der Waals surface area contributed by atoms with Crippen LogP contribution in [0.5, 0.6) is 0 Å². The molecule has 2 aromatic rings. The predicted octanol–water partition coefficient (Wildman–Crippen LogP) is 3.31. The van der Waals surface area contributed by atoms with Gasteiger partial charge in [-0.15, -0.1) is 11.8 Å². The van der Waals surface area contributed by atoms with Crippen LogP contribution in [0.25, 0.3) is 0 Å². The van der Waals surface area contributed by atoms with Crippen molar-refractivity contribution in [3.63, 3.8) is 0 Å². The highest BCUT2D eigenvalue weighted by molar-refractivity contribution is 8.00. The van der Waals surface area contributed by atoms with Gasteiger partial charge < -0.3 is 15.0 Å². The van der Waals surface area contributed by atoms with E-state index in [-0.39, 0.29) is 25.5 Å². The van der Waals surface area contributed by atoms with Crippen LogP contribution in [-0.4, -0.2) is 36.7 Å². The van der Waals surface area contributed by atoms with Crippen molar-refractivity contribution in [3.8, 4) is 0 Å². The first-order chi connectivity index (χ1) is 13.4. The molecule has 1 aliphatic heterocycles. The summed E-state index contributed by atoms with van der Waals surface area (Å²) in [5, 5.41) is 2.75. The summed E-state index contributed by atoms with van der Waals surface area (Å²) in [5.41, 5.74) is 3.48. The molecule has 146 valence electrons. The highest BCUT2D eigenvalue weighted by atomic mass is 32.2. The SMILES string of the molecule is Cc1ccc(C)c(NC(=O)COC(=O)CCN2C(=O)CSc3ccccc32)c1. The zero-order chi connectivity index (χ0) is 20.1. The second-order valence-electron chi connectivity index (χ2n) is 6.58. The number of hydrogen-bond acceptors (Lipinski definition) is 5. The van der Waals surface area contributed by atoms with Crippen molar-refractivity contribution in [3.05, 3.63) is 53.6 Å². The first-order valence-electron chi connectivity index (χ1n) is 8.99. The summed E-state index contributed by atoms with van der Waals surface area (Å²) in [5.74, 6) is -0.591. The van der Waals surface area contributed by atoms with Crippen LogP contribution in [-0.2, 0) is 19.1 Å². The van der Waals surface area contributed by atoms with E-state index in [0.29, 0.717) is 11.4 Å². The maximum Gasteiger partial charge on any atom is 0.308 e. The van der Waals surface area contributed by atoms with Gasteiger partial charge in [-0.3, -0.25) is 14.4 Å². The molecular formula is C21H22N2O4S. The van der Waals surface area contributed by atoms with Crippen molar-refractivity contribution in [2.24, 2.45) is 0 Å². The minimum atomic E-state index is -0.514. The number of benzene rings is 2. The number of fused-ring (bicyclic) bond motifs is 1. The first kappa shape index (κ1) is 19.9. The van der Waals surface area contributed by atoms with Crippen LogP contribution >= 0.6 is 11.8 Å². The van der Waals surface area contributed by atoms with Gasteiger partial charge in [-0.25, -0.2) is 0 Å². The topological polar surface area (TPSA) is 75.7 Å². The number of carbonyl (C=O) groups excluding carboxylic acids is 3. The molecule has 0 aromatic heterocycles. The van der Waals surface area contributed by atoms with Crippen molar-refractivity contribution in [2.75, 3.05) is 29.1 Å². The molecule has 0 bridgehead atoms. The molecule has 2 aromatic carbocycles. The van der Waals surface area contributed by atoms with Crippen molar-refractivity contribution in [1.29, 1.82) is 0 Å². The van der Waals surface area contributed by atoms with Gasteiger partial charge in [-0.2, -0.15) is 0 Å². The molecule has 0 aliphatic carbocycles. The second-order valence-corrected chi connectivity index (χ2v) is 7.60. The number of anilines is 2. The summed E-state index contributed by atoms with van der Waals surface area (Å²) < 4.78 is 5.07. The lowest BCUT2D eigenvalue weighted by Gasteiger charge is -2.28. The number of ether oxygens (including phenoxy) is 1. The van der Waals surface area contributed by atoms with Crippen LogP contribution in [0.1, 0.15) is 17.5 Å². The van der Waals surface area contributed by atoms with Crippen molar-refractivity contribution < 1.29 is 19.1 Å². The fourth-order valence-corrected chi connectivity index (χ4v) is 3.81. The van der Waals surface area contributed by atoms with E-state index in [1.54, 1.807) is 4.90 Å². The van der Waals surface area contributed by atoms with Gasteiger partial charge in [0.05, 0.1) is 17.9 Å². The molecule has 1 N–H and O–H groups in total. The lowest BCUT2D eigenvalue weighted by molar-refractivity contribution is -0.147. The summed E-state index contributed by atoms with van der Waals surface area (Å²) in [6, 6.07) is 13.3. The summed E-state index contributed by atoms with van der Waals surface area (Å²) in [6.07, 6.45) is 0.0293. The van der Waals surface area contributed by atoms with Gasteiger partial charge in [-0.1, -0.05) is 24.3 Å². The van der Waals surface area contributed by atoms with Crippen LogP contribution < -0.4 is 10.2 Å². The van der Waals surface area contributed by atoms with Crippen LogP contribution in [0.4, 0.5) is 11.4 Å². The normalized spacial score (nSPS) is 13.1. The van der Waals surface area contributed by atoms with E-state index in [2.05, 4.69) is 5.32 Å². The third kappa shape index (κ3) is 4.92. The van der Waals surface area contributed by atoms with Gasteiger partial charge in [0.25, 0.3) is 5.91 Å². The quantitative estimate of drug-likeness (QED) is 0.756. The number of carbonyl (C=O) groups is 3. The van der Waals surface area contributed by atoms with Crippen LogP contribution in [0, 0.1) is 13.8 Å². The Balaban J connectivity index is 1.49. The monoisotopic (exact) mass is 398 g/mol. The Bertz CT molecular complexity index is 913. The Labute approximate surface area is 168 Å². The number of thioether (sulfide) groups is 1. The molecule has 2 amide bonds. The Morgan fingerprint density at radius 3 is 2.79 bits per heavy atom. The average Bonchev–Trinajstić information content (AvgIpc) is 2.68. The number of rotatable bonds is 6. The molecule has 0 spiro atoms. The first-order valence-corrected chi connectivity index (χ1v) is 9.97. The average molecular weight is 398 g/mol. The minimum Gasteiger partial charge on any atom is -0.456 e. The van der Waals surface area contributed by atoms with Gasteiger partial charge in [0.15, 0.2) is 6.61 Å². The molecule has 3 rings (SSSR count). The Morgan fingerprint density at radius 2 is 1.96 bits per heavy atom. The van der Waals surface area contributed by atoms with Crippen molar-refractivity contribution >= 4 is 40.9 Å². The molecule has 28 heavy (non-hydrogen) atoms. The van der Waals surface area contributed by atoms with E-state index in [9.17, 15) is 14.4 Å². The van der Waals surface area contributed by atoms with E-state index in [0.717, 1.165) is 21.7 Å². The van der Waals surface area contributed by atoms with E-state index >= 15 is 0 Å². The Kier molecular flexibility index (Phi) is 6.36. The largest absolute Gasteiger partial charge is 0.456 e. The third-order valence-electron chi connectivity index (χ3n) is 4.38. The number of para-hydroxylation sites is 1. The lowest BCUT2D eigenvalue weighted by Crippen LogP contribution is -2.37. The van der Waals surface area contributed by atoms with Gasteiger partial charge in [0.1, 0.15) is 0 Å². The zero-order valence-electron chi connectivity index (χ0n) is 15.9. The lowest BCUT2D eigenvalue weighted by atomic mass is 10.1. The molecule has 0 fully saturated rings. The molecule has 7 heteroatoms. The highest BCUT2D eigenvalue weighted by Gasteiger charge is 2.25. The summed E-state index contributed by atoms with van der Waals surface area (Å²) in [7, 11) is 0. The van der Waals surface area contributed by atoms with Crippen LogP contribution in [0.2, 0.25) is 0 Å². The summed E-state index contributed by atoms with van der Waals surface area (Å²) in [4.78, 5) is 38.9. The van der Waals surface area contributed by atoms with Gasteiger partial charge in [-0.05, 0) is 43.2 Å². The molecule has 0 saturated heterocycles. The molecule has 6 nitrogen and oxygen atoms in total. The third-order valence-corrected chi connectivity index (χ3v) is 5.43. The smallest absolute Gasteiger partial charge is 0.308 e. The molecule has 1 aliphatic rings. The van der Waals surface area contributed by atoms with E-state index in [1.165, 1.54) is 11.8 Å². The van der Waals surface area contributed by atoms with E-state index in [1.807, 2.05) is 56.3 Å². The number of nitrogens with zero attached hydrogens (tertiary/aromatic N) is 1. The van der Waals surface area contributed by atoms with Crippen LogP contribution in [0.15, 0.2) is 47.4 Å². The fourth-order valence-electron chi connectivity index (χ4n) is 2.88. The Morgan fingerprint density at radius 1 is 1.18 bits per heavy atom. The van der Waals surface area contributed by atoms with Crippen molar-refractivity contribution in [2.45, 2.75) is 25.2 Å². The molecule has 0 saturated carbocycles. The van der Waals surface area contributed by atoms with Gasteiger partial charge in [0, 0.05) is 17.1 Å². The highest BCUT2D eigenvalue weighted by Crippen LogP contribution is 2.34. The number of nitrogens with one attached hydrogen (secondary N) is 1. The van der Waals surface area contributed by atoms with Gasteiger partial charge >= 0.3 is 5.97 Å². The fraction of sp³-hybridized carbons (Fsp3) is 0.286. The molecule has 1 heterocycles. The maximum absolute atomic E-state index is 12.2. The second kappa shape index (κ2) is 8.93. The predicted molar refractivity (Wildman–Crippen MR) is 110 cm³/mol. The molecule has 0 atom stereocenters. The van der Waals surface area contributed by atoms with Crippen molar-refractivity contribution in [1.82, 2.24) is 0 Å². The molecule has 0 unspecified atom stereocenters. The molecule has 0 radical (unpaired) electrons. The molecular weight excluding hydrogens is 376 g/mol. The summed E-state index contributed by atoms with van der Waals surface area (Å²) in [6.45, 7) is 3.71. The number of hydrogen-bond donors (Lipinski definition) is 1. The van der Waals surface area contributed by atoms with E-state index in [4.69, 9.17) is 4.74 Å². The Hall–Kier alpha value is -2.80. The van der Waals surface area contributed by atoms with Crippen LogP contribution in [0.3, 0.4) is 0 Å². The zero-order valence-corrected chi connectivity index (χ0v) is 16.7. The number of aryl methyl sites for hydroxylation is 2. The van der Waals surface area contributed by atoms with Gasteiger partial charge in [0.2, 0.25) is 5.91 Å². The standard InChI is InChI=1S/C21H22N2O4S/c1-14-7-8-15(2)16(11-14)22-19(24)12-27-21(26)9-10-23-17-5-3-4-6-18(17)28-13-20(23)25/h3-8,11H,9-10,12-13H2,1-2H3,(H,22,24). The number of esters is 1. The summed E-state index contributed by atoms with van der Waals surface area (Å²) >= 11 is 1.49. The number of amides is 2. The van der Waals surface area contributed by atoms with E-state index < -0.39 is 11.9 Å².